The molecule has 2 aromatic carbocycles. The Bertz CT molecular complexity index is 533. The molecule has 2 heteroatoms. The summed E-state index contributed by atoms with van der Waals surface area (Å²) in [5.41, 5.74) is 3.91. The summed E-state index contributed by atoms with van der Waals surface area (Å²) in [5, 5.41) is 3.57. The lowest BCUT2D eigenvalue weighted by molar-refractivity contribution is 0.340. The summed E-state index contributed by atoms with van der Waals surface area (Å²) in [5.74, 6) is 0.927. The maximum absolute atomic E-state index is 5.51. The first-order valence-electron chi connectivity index (χ1n) is 7.28. The number of hydrogen-bond acceptors (Lipinski definition) is 2. The van der Waals surface area contributed by atoms with Gasteiger partial charge in [-0.3, -0.25) is 0 Å². The van der Waals surface area contributed by atoms with Crippen LogP contribution in [0.4, 0.5) is 0 Å². The molecule has 1 atom stereocenters. The van der Waals surface area contributed by atoms with Gasteiger partial charge in [-0.25, -0.2) is 0 Å². The predicted molar refractivity (Wildman–Crippen MR) is 84.3 cm³/mol. The van der Waals surface area contributed by atoms with Crippen LogP contribution in [-0.4, -0.2) is 13.2 Å². The van der Waals surface area contributed by atoms with Crippen LogP contribution in [0.5, 0.6) is 5.75 Å². The van der Waals surface area contributed by atoms with Crippen molar-refractivity contribution in [2.75, 3.05) is 13.2 Å². The van der Waals surface area contributed by atoms with Crippen LogP contribution in [0, 0.1) is 6.92 Å². The van der Waals surface area contributed by atoms with E-state index in [1.54, 1.807) is 0 Å². The third kappa shape index (κ3) is 3.40. The number of aryl methyl sites for hydroxylation is 1. The van der Waals surface area contributed by atoms with Gasteiger partial charge in [0, 0.05) is 0 Å². The summed E-state index contributed by atoms with van der Waals surface area (Å²) in [6.45, 7) is 7.94. The van der Waals surface area contributed by atoms with Crippen molar-refractivity contribution in [3.63, 3.8) is 0 Å². The molecule has 0 saturated heterocycles. The van der Waals surface area contributed by atoms with Gasteiger partial charge in [0.15, 0.2) is 0 Å². The monoisotopic (exact) mass is 269 g/mol. The van der Waals surface area contributed by atoms with E-state index in [4.69, 9.17) is 4.74 Å². The van der Waals surface area contributed by atoms with Gasteiger partial charge in [0.1, 0.15) is 5.75 Å². The minimum absolute atomic E-state index is 0.233. The highest BCUT2D eigenvalue weighted by molar-refractivity contribution is 5.38. The van der Waals surface area contributed by atoms with Gasteiger partial charge in [0.05, 0.1) is 12.6 Å². The van der Waals surface area contributed by atoms with E-state index < -0.39 is 0 Å². The summed E-state index contributed by atoms with van der Waals surface area (Å²) >= 11 is 0. The number of ether oxygens (including phenoxy) is 1. The highest BCUT2D eigenvalue weighted by Crippen LogP contribution is 2.26. The second kappa shape index (κ2) is 7.11. The van der Waals surface area contributed by atoms with Gasteiger partial charge in [0.2, 0.25) is 0 Å². The third-order valence-corrected chi connectivity index (χ3v) is 3.43. The average molecular weight is 269 g/mol. The van der Waals surface area contributed by atoms with Crippen molar-refractivity contribution in [2.24, 2.45) is 0 Å². The molecular weight excluding hydrogens is 246 g/mol. The van der Waals surface area contributed by atoms with Crippen LogP contribution in [0.3, 0.4) is 0 Å². The van der Waals surface area contributed by atoms with Crippen LogP contribution >= 0.6 is 0 Å². The molecule has 0 bridgehead atoms. The Morgan fingerprint density at radius 1 is 1.00 bits per heavy atom. The van der Waals surface area contributed by atoms with E-state index in [2.05, 4.69) is 55.6 Å². The number of hydrogen-bond donors (Lipinski definition) is 1. The van der Waals surface area contributed by atoms with Gasteiger partial charge in [-0.2, -0.15) is 0 Å². The van der Waals surface area contributed by atoms with Crippen LogP contribution in [0.2, 0.25) is 0 Å². The molecule has 0 amide bonds. The highest BCUT2D eigenvalue weighted by Gasteiger charge is 2.14. The molecule has 0 spiro atoms. The summed E-state index contributed by atoms with van der Waals surface area (Å²) in [4.78, 5) is 0. The molecule has 0 heterocycles. The number of rotatable bonds is 6. The summed E-state index contributed by atoms with van der Waals surface area (Å²) in [6, 6.07) is 17.1. The maximum Gasteiger partial charge on any atom is 0.119 e. The molecule has 0 aliphatic carbocycles. The zero-order chi connectivity index (χ0) is 14.4. The molecule has 0 radical (unpaired) electrons. The van der Waals surface area contributed by atoms with Crippen molar-refractivity contribution in [1.82, 2.24) is 5.32 Å². The topological polar surface area (TPSA) is 21.3 Å². The lowest BCUT2D eigenvalue weighted by Gasteiger charge is -2.21. The van der Waals surface area contributed by atoms with Gasteiger partial charge in [-0.15, -0.1) is 0 Å². The largest absolute Gasteiger partial charge is 0.494 e. The van der Waals surface area contributed by atoms with Gasteiger partial charge < -0.3 is 10.1 Å². The Morgan fingerprint density at radius 2 is 1.70 bits per heavy atom. The number of benzene rings is 2. The SMILES string of the molecule is CCNC(c1ccc(OCC)cc1)c1ccccc1C. The fourth-order valence-electron chi connectivity index (χ4n) is 2.45. The minimum Gasteiger partial charge on any atom is -0.494 e. The van der Waals surface area contributed by atoms with Crippen molar-refractivity contribution in [3.8, 4) is 5.75 Å². The predicted octanol–water partition coefficient (Wildman–Crippen LogP) is 4.09. The van der Waals surface area contributed by atoms with E-state index in [1.807, 2.05) is 19.1 Å². The van der Waals surface area contributed by atoms with Gasteiger partial charge in [-0.05, 0) is 49.2 Å². The molecule has 20 heavy (non-hydrogen) atoms. The Labute approximate surface area is 121 Å². The Kier molecular flexibility index (Phi) is 5.19. The molecule has 0 aliphatic heterocycles. The smallest absolute Gasteiger partial charge is 0.119 e. The zero-order valence-electron chi connectivity index (χ0n) is 12.5. The van der Waals surface area contributed by atoms with E-state index >= 15 is 0 Å². The maximum atomic E-state index is 5.51. The number of nitrogens with one attached hydrogen (secondary N) is 1. The standard InChI is InChI=1S/C18H23NO/c1-4-19-18(17-9-7-6-8-14(17)3)15-10-12-16(13-11-15)20-5-2/h6-13,18-19H,4-5H2,1-3H3. The molecule has 1 unspecified atom stereocenters. The van der Waals surface area contributed by atoms with Crippen LogP contribution in [0.1, 0.15) is 36.6 Å². The molecule has 2 nitrogen and oxygen atoms in total. The zero-order valence-corrected chi connectivity index (χ0v) is 12.5. The van der Waals surface area contributed by atoms with Crippen molar-refractivity contribution in [1.29, 1.82) is 0 Å². The van der Waals surface area contributed by atoms with E-state index in [0.717, 1.165) is 12.3 Å². The van der Waals surface area contributed by atoms with Gasteiger partial charge >= 0.3 is 0 Å². The first kappa shape index (κ1) is 14.6. The van der Waals surface area contributed by atoms with Crippen molar-refractivity contribution in [3.05, 3.63) is 65.2 Å². The molecule has 0 aliphatic rings. The third-order valence-electron chi connectivity index (χ3n) is 3.43. The minimum atomic E-state index is 0.233. The Hall–Kier alpha value is -1.80. The molecular formula is C18H23NO. The second-order valence-electron chi connectivity index (χ2n) is 4.85. The lowest BCUT2D eigenvalue weighted by Crippen LogP contribution is -2.22. The van der Waals surface area contributed by atoms with Crippen LogP contribution in [0.15, 0.2) is 48.5 Å². The summed E-state index contributed by atoms with van der Waals surface area (Å²) < 4.78 is 5.51. The first-order chi connectivity index (χ1) is 9.76. The average Bonchev–Trinajstić information content (AvgIpc) is 2.47. The summed E-state index contributed by atoms with van der Waals surface area (Å²) in [6.07, 6.45) is 0. The Morgan fingerprint density at radius 3 is 2.30 bits per heavy atom. The molecule has 106 valence electrons. The van der Waals surface area contributed by atoms with Crippen LogP contribution < -0.4 is 10.1 Å². The molecule has 0 fully saturated rings. The van der Waals surface area contributed by atoms with E-state index in [1.165, 1.54) is 16.7 Å². The molecule has 2 rings (SSSR count). The van der Waals surface area contributed by atoms with Crippen molar-refractivity contribution < 1.29 is 4.74 Å². The fraction of sp³-hybridized carbons (Fsp3) is 0.333. The van der Waals surface area contributed by atoms with E-state index in [9.17, 15) is 0 Å². The highest BCUT2D eigenvalue weighted by atomic mass is 16.5. The first-order valence-corrected chi connectivity index (χ1v) is 7.28. The molecule has 2 aromatic rings. The van der Waals surface area contributed by atoms with Crippen LogP contribution in [-0.2, 0) is 0 Å². The molecule has 0 aromatic heterocycles. The van der Waals surface area contributed by atoms with Crippen molar-refractivity contribution >= 4 is 0 Å². The molecule has 0 saturated carbocycles. The van der Waals surface area contributed by atoms with Gasteiger partial charge in [0.25, 0.3) is 0 Å². The van der Waals surface area contributed by atoms with E-state index in [-0.39, 0.29) is 6.04 Å². The molecule has 1 N–H and O–H groups in total. The van der Waals surface area contributed by atoms with Crippen LogP contribution in [0.25, 0.3) is 0 Å². The summed E-state index contributed by atoms with van der Waals surface area (Å²) in [7, 11) is 0. The second-order valence-corrected chi connectivity index (χ2v) is 4.85. The van der Waals surface area contributed by atoms with E-state index in [0.29, 0.717) is 6.61 Å². The van der Waals surface area contributed by atoms with Crippen molar-refractivity contribution in [2.45, 2.75) is 26.8 Å². The van der Waals surface area contributed by atoms with Gasteiger partial charge in [-0.1, -0.05) is 43.3 Å². The fourth-order valence-corrected chi connectivity index (χ4v) is 2.45. The Balaban J connectivity index is 2.31. The lowest BCUT2D eigenvalue weighted by atomic mass is 9.95. The quantitative estimate of drug-likeness (QED) is 0.852. The normalized spacial score (nSPS) is 12.2.